The van der Waals surface area contributed by atoms with Crippen molar-refractivity contribution in [1.82, 2.24) is 5.32 Å². The molecule has 0 spiro atoms. The third-order valence-corrected chi connectivity index (χ3v) is 4.21. The highest BCUT2D eigenvalue weighted by atomic mass is 35.5. The predicted octanol–water partition coefficient (Wildman–Crippen LogP) is 5.14. The molecule has 2 aromatic rings. The number of unbranched alkanes of at least 4 members (excludes halogenated alkanes) is 3. The summed E-state index contributed by atoms with van der Waals surface area (Å²) in [6.45, 7) is 1.55. The number of thiocarbonyl (C=S) groups is 1. The highest BCUT2D eigenvalue weighted by molar-refractivity contribution is 7.80. The third-order valence-electron chi connectivity index (χ3n) is 3.71. The van der Waals surface area contributed by atoms with Gasteiger partial charge in [-0.25, -0.2) is 0 Å². The Hall–Kier alpha value is -2.29. The van der Waals surface area contributed by atoms with E-state index in [1.165, 1.54) is 0 Å². The fraction of sp³-hybridized carbons (Fsp3) is 0.300. The molecule has 0 aromatic heterocycles. The molecule has 4 nitrogen and oxygen atoms in total. The van der Waals surface area contributed by atoms with E-state index in [0.717, 1.165) is 48.7 Å². The molecule has 0 radical (unpaired) electrons. The number of nitrogens with one attached hydrogen (secondary N) is 2. The van der Waals surface area contributed by atoms with E-state index < -0.39 is 0 Å². The minimum absolute atomic E-state index is 0.598. The quantitative estimate of drug-likeness (QED) is 0.461. The highest BCUT2D eigenvalue weighted by Gasteiger charge is 1.98. The smallest absolute Gasteiger partial charge is 0.170 e. The van der Waals surface area contributed by atoms with Gasteiger partial charge in [-0.05, 0) is 73.6 Å². The van der Waals surface area contributed by atoms with Gasteiger partial charge in [0.1, 0.15) is 5.75 Å². The number of halogens is 1. The molecule has 0 amide bonds. The minimum atomic E-state index is 0.598. The second kappa shape index (κ2) is 11.3. The van der Waals surface area contributed by atoms with Crippen LogP contribution in [0.4, 0.5) is 5.69 Å². The lowest BCUT2D eigenvalue weighted by molar-refractivity contribution is 0.304. The van der Waals surface area contributed by atoms with E-state index in [4.69, 9.17) is 33.8 Å². The zero-order chi connectivity index (χ0) is 18.6. The normalized spacial score (nSPS) is 10.0. The zero-order valence-electron chi connectivity index (χ0n) is 14.5. The molecule has 2 N–H and O–H groups in total. The number of hydrogen-bond donors (Lipinski definition) is 2. The molecule has 136 valence electrons. The number of hydrogen-bond acceptors (Lipinski definition) is 3. The van der Waals surface area contributed by atoms with Gasteiger partial charge in [0.15, 0.2) is 5.11 Å². The Morgan fingerprint density at radius 3 is 2.38 bits per heavy atom. The molecule has 0 aliphatic carbocycles. The van der Waals surface area contributed by atoms with E-state index in [-0.39, 0.29) is 0 Å². The maximum Gasteiger partial charge on any atom is 0.170 e. The number of anilines is 1. The highest BCUT2D eigenvalue weighted by Crippen LogP contribution is 2.16. The summed E-state index contributed by atoms with van der Waals surface area (Å²) < 4.78 is 5.66. The van der Waals surface area contributed by atoms with E-state index in [1.807, 2.05) is 36.4 Å². The maximum absolute atomic E-state index is 8.78. The second-order valence-electron chi connectivity index (χ2n) is 5.79. The van der Waals surface area contributed by atoms with Crippen molar-refractivity contribution in [3.05, 3.63) is 59.1 Å². The Bertz CT molecular complexity index is 726. The Morgan fingerprint density at radius 1 is 1.00 bits per heavy atom. The molecule has 0 unspecified atom stereocenters. The average Bonchev–Trinajstić information content (AvgIpc) is 2.66. The van der Waals surface area contributed by atoms with Crippen molar-refractivity contribution in [2.24, 2.45) is 0 Å². The number of nitrogens with zero attached hydrogens (tertiary/aromatic N) is 1. The zero-order valence-corrected chi connectivity index (χ0v) is 16.1. The lowest BCUT2D eigenvalue weighted by atomic mass is 10.2. The van der Waals surface area contributed by atoms with Crippen LogP contribution >= 0.6 is 23.8 Å². The van der Waals surface area contributed by atoms with Gasteiger partial charge in [0.2, 0.25) is 0 Å². The molecular formula is C20H22ClN3OS. The lowest BCUT2D eigenvalue weighted by Crippen LogP contribution is -2.29. The first-order valence-corrected chi connectivity index (χ1v) is 9.39. The van der Waals surface area contributed by atoms with E-state index in [0.29, 0.717) is 17.3 Å². The van der Waals surface area contributed by atoms with Crippen LogP contribution in [0.3, 0.4) is 0 Å². The number of benzene rings is 2. The molecular weight excluding hydrogens is 366 g/mol. The van der Waals surface area contributed by atoms with E-state index >= 15 is 0 Å². The van der Waals surface area contributed by atoms with Gasteiger partial charge in [0.25, 0.3) is 0 Å². The van der Waals surface area contributed by atoms with Crippen molar-refractivity contribution in [2.45, 2.75) is 25.7 Å². The Balaban J connectivity index is 1.48. The molecule has 0 heterocycles. The minimum Gasteiger partial charge on any atom is -0.494 e. The first-order valence-electron chi connectivity index (χ1n) is 8.61. The molecule has 26 heavy (non-hydrogen) atoms. The van der Waals surface area contributed by atoms with Crippen molar-refractivity contribution in [3.8, 4) is 11.8 Å². The molecule has 2 rings (SSSR count). The van der Waals surface area contributed by atoms with E-state index in [9.17, 15) is 0 Å². The molecule has 0 saturated carbocycles. The van der Waals surface area contributed by atoms with Gasteiger partial charge < -0.3 is 15.4 Å². The molecule has 6 heteroatoms. The summed E-state index contributed by atoms with van der Waals surface area (Å²) in [5, 5.41) is 16.4. The molecule has 0 bridgehead atoms. The van der Waals surface area contributed by atoms with Crippen LogP contribution in [0.15, 0.2) is 48.5 Å². The van der Waals surface area contributed by atoms with Crippen molar-refractivity contribution in [2.75, 3.05) is 18.5 Å². The van der Waals surface area contributed by atoms with E-state index in [2.05, 4.69) is 16.7 Å². The topological polar surface area (TPSA) is 57.1 Å². The van der Waals surface area contributed by atoms with Crippen LogP contribution < -0.4 is 15.4 Å². The molecule has 0 fully saturated rings. The van der Waals surface area contributed by atoms with Crippen LogP contribution in [0.1, 0.15) is 31.2 Å². The van der Waals surface area contributed by atoms with Gasteiger partial charge >= 0.3 is 0 Å². The van der Waals surface area contributed by atoms with Crippen LogP contribution in [0.2, 0.25) is 5.02 Å². The summed E-state index contributed by atoms with van der Waals surface area (Å²) in [7, 11) is 0. The molecule has 0 saturated heterocycles. The van der Waals surface area contributed by atoms with Crippen LogP contribution in [-0.2, 0) is 0 Å². The van der Waals surface area contributed by atoms with Crippen molar-refractivity contribution < 1.29 is 4.74 Å². The van der Waals surface area contributed by atoms with Gasteiger partial charge in [0.05, 0.1) is 18.2 Å². The van der Waals surface area contributed by atoms with Gasteiger partial charge in [-0.2, -0.15) is 5.26 Å². The van der Waals surface area contributed by atoms with Crippen LogP contribution in [0, 0.1) is 11.3 Å². The number of rotatable bonds is 9. The second-order valence-corrected chi connectivity index (χ2v) is 6.63. The fourth-order valence-electron chi connectivity index (χ4n) is 2.31. The number of nitriles is 1. The first-order chi connectivity index (χ1) is 12.7. The van der Waals surface area contributed by atoms with Crippen LogP contribution in [0.25, 0.3) is 0 Å². The Morgan fingerprint density at radius 2 is 1.69 bits per heavy atom. The summed E-state index contributed by atoms with van der Waals surface area (Å²) >= 11 is 11.1. The Labute approximate surface area is 165 Å². The summed E-state index contributed by atoms with van der Waals surface area (Å²) in [6.07, 6.45) is 4.31. The number of ether oxygens (including phenoxy) is 1. The summed E-state index contributed by atoms with van der Waals surface area (Å²) in [5.41, 5.74) is 1.51. The fourth-order valence-corrected chi connectivity index (χ4v) is 2.65. The molecule has 0 atom stereocenters. The summed E-state index contributed by atoms with van der Waals surface area (Å²) in [6, 6.07) is 16.7. The van der Waals surface area contributed by atoms with Crippen LogP contribution in [-0.4, -0.2) is 18.3 Å². The predicted molar refractivity (Wildman–Crippen MR) is 111 cm³/mol. The SMILES string of the molecule is N#Cc1ccc(NC(=S)NCCCCCCOc2ccc(Cl)cc2)cc1. The van der Waals surface area contributed by atoms with Gasteiger partial charge in [-0.3, -0.25) is 0 Å². The lowest BCUT2D eigenvalue weighted by Gasteiger charge is -2.10. The first kappa shape index (κ1) is 20.0. The monoisotopic (exact) mass is 387 g/mol. The third kappa shape index (κ3) is 7.73. The average molecular weight is 388 g/mol. The van der Waals surface area contributed by atoms with Crippen molar-refractivity contribution in [3.63, 3.8) is 0 Å². The van der Waals surface area contributed by atoms with Crippen molar-refractivity contribution >= 4 is 34.6 Å². The standard InChI is InChI=1S/C20H22ClN3OS/c21-17-7-11-19(12-8-17)25-14-4-2-1-3-13-23-20(26)24-18-9-5-16(15-22)6-10-18/h5-12H,1-4,13-14H2,(H2,23,24,26). The summed E-state index contributed by atoms with van der Waals surface area (Å²) in [4.78, 5) is 0. The Kier molecular flexibility index (Phi) is 8.74. The molecule has 0 aliphatic heterocycles. The van der Waals surface area contributed by atoms with E-state index in [1.54, 1.807) is 12.1 Å². The van der Waals surface area contributed by atoms with Crippen molar-refractivity contribution in [1.29, 1.82) is 5.26 Å². The molecule has 2 aromatic carbocycles. The van der Waals surface area contributed by atoms with Gasteiger partial charge in [0, 0.05) is 17.3 Å². The summed E-state index contributed by atoms with van der Waals surface area (Å²) in [5.74, 6) is 0.857. The van der Waals surface area contributed by atoms with Gasteiger partial charge in [-0.15, -0.1) is 0 Å². The van der Waals surface area contributed by atoms with Gasteiger partial charge in [-0.1, -0.05) is 24.4 Å². The largest absolute Gasteiger partial charge is 0.494 e. The maximum atomic E-state index is 8.78. The van der Waals surface area contributed by atoms with Crippen LogP contribution in [0.5, 0.6) is 5.75 Å². The molecule has 0 aliphatic rings.